The average Bonchev–Trinajstić information content (AvgIpc) is 3.10. The number of benzene rings is 3. The zero-order valence-electron chi connectivity index (χ0n) is 17.5. The van der Waals surface area contributed by atoms with Crippen LogP contribution < -0.4 is 9.64 Å². The van der Waals surface area contributed by atoms with Gasteiger partial charge in [-0.25, -0.2) is 4.79 Å². The maximum atomic E-state index is 13.5. The van der Waals surface area contributed by atoms with Crippen molar-refractivity contribution in [2.75, 3.05) is 12.0 Å². The molecule has 1 heterocycles. The van der Waals surface area contributed by atoms with E-state index in [-0.39, 0.29) is 11.5 Å². The molecule has 0 spiro atoms. The van der Waals surface area contributed by atoms with Crippen LogP contribution >= 0.6 is 11.6 Å². The Morgan fingerprint density at radius 2 is 1.72 bits per heavy atom. The van der Waals surface area contributed by atoms with E-state index < -0.39 is 5.97 Å². The molecule has 32 heavy (non-hydrogen) atoms. The van der Waals surface area contributed by atoms with Crippen LogP contribution in [0.25, 0.3) is 11.8 Å². The number of anilines is 1. The van der Waals surface area contributed by atoms with E-state index in [0.717, 1.165) is 22.4 Å². The number of rotatable bonds is 5. The van der Waals surface area contributed by atoms with Gasteiger partial charge in [-0.05, 0) is 72.2 Å². The Kier molecular flexibility index (Phi) is 5.84. The van der Waals surface area contributed by atoms with Crippen molar-refractivity contribution in [2.24, 2.45) is 0 Å². The zero-order valence-corrected chi connectivity index (χ0v) is 18.3. The standard InChI is InChI=1S/C26H20ClNO4/c1-16-3-6-19(26(30)31)14-23(16)28-24(18-7-9-21(27)10-8-18)15-20(25(28)29)13-17-4-11-22(32-2)12-5-17/h3-15H,1-2H3,(H,30,31)/b20-13-. The summed E-state index contributed by atoms with van der Waals surface area (Å²) in [4.78, 5) is 26.6. The summed E-state index contributed by atoms with van der Waals surface area (Å²) in [7, 11) is 1.60. The molecular weight excluding hydrogens is 426 g/mol. The topological polar surface area (TPSA) is 66.8 Å². The van der Waals surface area contributed by atoms with E-state index in [2.05, 4.69) is 0 Å². The first-order chi connectivity index (χ1) is 15.4. The van der Waals surface area contributed by atoms with Crippen LogP contribution in [0.1, 0.15) is 27.0 Å². The fourth-order valence-corrected chi connectivity index (χ4v) is 3.68. The highest BCUT2D eigenvalue weighted by molar-refractivity contribution is 6.30. The van der Waals surface area contributed by atoms with E-state index >= 15 is 0 Å². The van der Waals surface area contributed by atoms with Gasteiger partial charge in [0.15, 0.2) is 0 Å². The lowest BCUT2D eigenvalue weighted by Crippen LogP contribution is -2.26. The van der Waals surface area contributed by atoms with Crippen LogP contribution in [0.4, 0.5) is 5.69 Å². The molecule has 1 amide bonds. The molecule has 0 aliphatic carbocycles. The van der Waals surface area contributed by atoms with E-state index in [1.165, 1.54) is 12.1 Å². The molecule has 0 unspecified atom stereocenters. The molecule has 0 aromatic heterocycles. The maximum absolute atomic E-state index is 13.5. The number of carboxylic acids is 1. The summed E-state index contributed by atoms with van der Waals surface area (Å²) in [5, 5.41) is 10.0. The number of carboxylic acid groups (broad SMARTS) is 1. The molecule has 0 radical (unpaired) electrons. The average molecular weight is 446 g/mol. The van der Waals surface area contributed by atoms with Gasteiger partial charge in [0.2, 0.25) is 0 Å². The van der Waals surface area contributed by atoms with Gasteiger partial charge in [0.1, 0.15) is 5.75 Å². The molecule has 5 nitrogen and oxygen atoms in total. The first-order valence-corrected chi connectivity index (χ1v) is 10.3. The summed E-state index contributed by atoms with van der Waals surface area (Å²) >= 11 is 6.06. The van der Waals surface area contributed by atoms with Gasteiger partial charge in [-0.2, -0.15) is 0 Å². The zero-order chi connectivity index (χ0) is 22.8. The van der Waals surface area contributed by atoms with E-state index in [1.54, 1.807) is 36.3 Å². The number of carbonyl (C=O) groups is 2. The Balaban J connectivity index is 1.84. The summed E-state index contributed by atoms with van der Waals surface area (Å²) in [6.45, 7) is 1.85. The monoisotopic (exact) mass is 445 g/mol. The summed E-state index contributed by atoms with van der Waals surface area (Å²) in [6.07, 6.45) is 3.61. The summed E-state index contributed by atoms with van der Waals surface area (Å²) in [5.41, 5.74) is 4.20. The lowest BCUT2D eigenvalue weighted by Gasteiger charge is -2.23. The van der Waals surface area contributed by atoms with E-state index in [9.17, 15) is 14.7 Å². The molecule has 0 fully saturated rings. The largest absolute Gasteiger partial charge is 0.497 e. The Labute approximate surface area is 190 Å². The van der Waals surface area contributed by atoms with E-state index in [1.807, 2.05) is 49.4 Å². The first kappa shape index (κ1) is 21.4. The third-order valence-electron chi connectivity index (χ3n) is 5.26. The SMILES string of the molecule is COc1ccc(/C=C2/C=C(c3ccc(Cl)cc3)N(c3cc(C(=O)O)ccc3C)C2=O)cc1. The number of carbonyl (C=O) groups excluding carboxylic acids is 1. The molecular formula is C26H20ClNO4. The van der Waals surface area contributed by atoms with Gasteiger partial charge in [-0.15, -0.1) is 0 Å². The molecule has 0 saturated heterocycles. The molecule has 3 aromatic rings. The summed E-state index contributed by atoms with van der Waals surface area (Å²) in [6, 6.07) is 19.3. The molecule has 0 atom stereocenters. The highest BCUT2D eigenvalue weighted by Crippen LogP contribution is 2.37. The molecule has 0 saturated carbocycles. The second-order valence-corrected chi connectivity index (χ2v) is 7.79. The normalized spacial score (nSPS) is 14.6. The number of hydrogen-bond acceptors (Lipinski definition) is 3. The van der Waals surface area contributed by atoms with Crippen LogP contribution in [0.5, 0.6) is 5.75 Å². The lowest BCUT2D eigenvalue weighted by molar-refractivity contribution is -0.113. The Hall–Kier alpha value is -3.83. The minimum atomic E-state index is -1.05. The number of aryl methyl sites for hydroxylation is 1. The molecule has 6 heteroatoms. The second kappa shape index (κ2) is 8.73. The summed E-state index contributed by atoms with van der Waals surface area (Å²) in [5.74, 6) is -0.564. The molecule has 3 aromatic carbocycles. The smallest absolute Gasteiger partial charge is 0.335 e. The molecule has 0 bridgehead atoms. The highest BCUT2D eigenvalue weighted by atomic mass is 35.5. The molecule has 1 aliphatic heterocycles. The van der Waals surface area contributed by atoms with Gasteiger partial charge in [0.25, 0.3) is 5.91 Å². The second-order valence-electron chi connectivity index (χ2n) is 7.36. The number of aromatic carboxylic acids is 1. The third kappa shape index (κ3) is 4.15. The predicted octanol–water partition coefficient (Wildman–Crippen LogP) is 5.83. The van der Waals surface area contributed by atoms with Gasteiger partial charge in [-0.3, -0.25) is 9.69 Å². The van der Waals surface area contributed by atoms with Crippen LogP contribution in [0, 0.1) is 6.92 Å². The third-order valence-corrected chi connectivity index (χ3v) is 5.51. The van der Waals surface area contributed by atoms with Crippen molar-refractivity contribution in [3.63, 3.8) is 0 Å². The molecule has 160 valence electrons. The Morgan fingerprint density at radius 1 is 1.03 bits per heavy atom. The number of methoxy groups -OCH3 is 1. The number of amides is 1. The number of ether oxygens (including phenoxy) is 1. The maximum Gasteiger partial charge on any atom is 0.335 e. The van der Waals surface area contributed by atoms with Crippen molar-refractivity contribution < 1.29 is 19.4 Å². The Morgan fingerprint density at radius 3 is 2.34 bits per heavy atom. The highest BCUT2D eigenvalue weighted by Gasteiger charge is 2.31. The minimum absolute atomic E-state index is 0.112. The molecule has 4 rings (SSSR count). The van der Waals surface area contributed by atoms with Crippen molar-refractivity contribution in [3.8, 4) is 5.75 Å². The van der Waals surface area contributed by atoms with Crippen LogP contribution in [-0.4, -0.2) is 24.1 Å². The first-order valence-electron chi connectivity index (χ1n) is 9.89. The van der Waals surface area contributed by atoms with Crippen LogP contribution in [0.15, 0.2) is 78.4 Å². The van der Waals surface area contributed by atoms with E-state index in [4.69, 9.17) is 16.3 Å². The summed E-state index contributed by atoms with van der Waals surface area (Å²) < 4.78 is 5.20. The van der Waals surface area contributed by atoms with Crippen LogP contribution in [-0.2, 0) is 4.79 Å². The lowest BCUT2D eigenvalue weighted by atomic mass is 10.1. The van der Waals surface area contributed by atoms with Crippen LogP contribution in [0.3, 0.4) is 0 Å². The minimum Gasteiger partial charge on any atom is -0.497 e. The van der Waals surface area contributed by atoms with Crippen molar-refractivity contribution >= 4 is 40.9 Å². The van der Waals surface area contributed by atoms with Gasteiger partial charge < -0.3 is 9.84 Å². The van der Waals surface area contributed by atoms with Crippen molar-refractivity contribution in [1.29, 1.82) is 0 Å². The number of halogens is 1. The number of nitrogens with zero attached hydrogens (tertiary/aromatic N) is 1. The van der Waals surface area contributed by atoms with Crippen molar-refractivity contribution in [1.82, 2.24) is 0 Å². The predicted molar refractivity (Wildman–Crippen MR) is 126 cm³/mol. The Bertz CT molecular complexity index is 1260. The molecule has 1 aliphatic rings. The van der Waals surface area contributed by atoms with Crippen LogP contribution in [0.2, 0.25) is 5.02 Å². The quantitative estimate of drug-likeness (QED) is 0.502. The number of hydrogen-bond donors (Lipinski definition) is 1. The van der Waals surface area contributed by atoms with Crippen molar-refractivity contribution in [3.05, 3.63) is 106 Å². The van der Waals surface area contributed by atoms with Crippen molar-refractivity contribution in [2.45, 2.75) is 6.92 Å². The van der Waals surface area contributed by atoms with E-state index in [0.29, 0.717) is 22.0 Å². The molecule has 1 N–H and O–H groups in total. The van der Waals surface area contributed by atoms with Gasteiger partial charge in [0, 0.05) is 10.6 Å². The van der Waals surface area contributed by atoms with Gasteiger partial charge in [0.05, 0.1) is 24.1 Å². The fraction of sp³-hybridized carbons (Fsp3) is 0.0769. The fourth-order valence-electron chi connectivity index (χ4n) is 3.55. The van der Waals surface area contributed by atoms with Gasteiger partial charge in [-0.1, -0.05) is 41.9 Å². The van der Waals surface area contributed by atoms with Gasteiger partial charge >= 0.3 is 5.97 Å².